The fourth-order valence-corrected chi connectivity index (χ4v) is 10.3. The Balaban J connectivity index is 1.39. The predicted octanol–water partition coefficient (Wildman–Crippen LogP) is 9.70. The van der Waals surface area contributed by atoms with Crippen LogP contribution < -0.4 is 4.90 Å². The van der Waals surface area contributed by atoms with Crippen molar-refractivity contribution in [3.05, 3.63) is 99.6 Å². The summed E-state index contributed by atoms with van der Waals surface area (Å²) in [5.41, 5.74) is 11.0. The first-order chi connectivity index (χ1) is 19.4. The molecule has 1 saturated heterocycles. The van der Waals surface area contributed by atoms with E-state index in [1.54, 1.807) is 22.0 Å². The van der Waals surface area contributed by atoms with E-state index in [4.69, 9.17) is 0 Å². The monoisotopic (exact) mass is 562 g/mol. The second kappa shape index (κ2) is 9.24. The molecule has 2 heterocycles. The Hall–Kier alpha value is -2.52. The van der Waals surface area contributed by atoms with Crippen LogP contribution in [-0.2, 0) is 0 Å². The molecule has 2 fully saturated rings. The van der Waals surface area contributed by atoms with Crippen molar-refractivity contribution in [2.75, 3.05) is 11.4 Å². The molecule has 0 spiro atoms. The van der Waals surface area contributed by atoms with Gasteiger partial charge in [0.15, 0.2) is 0 Å². The zero-order chi connectivity index (χ0) is 29.0. The van der Waals surface area contributed by atoms with Crippen molar-refractivity contribution in [1.82, 2.24) is 4.90 Å². The van der Waals surface area contributed by atoms with E-state index in [1.807, 2.05) is 0 Å². The van der Waals surface area contributed by atoms with E-state index in [0.29, 0.717) is 41.7 Å². The molecule has 216 valence electrons. The van der Waals surface area contributed by atoms with Gasteiger partial charge in [0.1, 0.15) is 6.17 Å². The minimum absolute atomic E-state index is 0.180. The van der Waals surface area contributed by atoms with E-state index < -0.39 is 8.07 Å². The summed E-state index contributed by atoms with van der Waals surface area (Å²) in [6.07, 6.45) is 20.9. The minimum Gasteiger partial charge on any atom is -0.351 e. The number of hydrogen-bond donors (Lipinski definition) is 0. The third kappa shape index (κ3) is 3.94. The van der Waals surface area contributed by atoms with E-state index in [1.165, 1.54) is 22.5 Å². The predicted molar refractivity (Wildman–Crippen MR) is 177 cm³/mol. The van der Waals surface area contributed by atoms with Crippen molar-refractivity contribution < 1.29 is 0 Å². The van der Waals surface area contributed by atoms with Crippen molar-refractivity contribution in [3.63, 3.8) is 0 Å². The van der Waals surface area contributed by atoms with Crippen molar-refractivity contribution in [2.24, 2.45) is 29.1 Å². The van der Waals surface area contributed by atoms with E-state index in [-0.39, 0.29) is 5.41 Å². The molecule has 5 atom stereocenters. The van der Waals surface area contributed by atoms with Gasteiger partial charge in [0.25, 0.3) is 0 Å². The first kappa shape index (κ1) is 27.3. The Morgan fingerprint density at radius 2 is 1.63 bits per heavy atom. The Morgan fingerprint density at radius 1 is 0.927 bits per heavy atom. The lowest BCUT2D eigenvalue weighted by Crippen LogP contribution is -2.41. The molecule has 1 aromatic rings. The SMILES string of the molecule is CC(C)c1cccc(C(C)C)c1N1C2=C(CCC=C2)N2CC3C=C4C(=CC3C21)C1C=C([Si](C)(C)C)C=CC1C4(C)C. The van der Waals surface area contributed by atoms with E-state index in [2.05, 4.69) is 132 Å². The topological polar surface area (TPSA) is 6.48 Å². The second-order valence-electron chi connectivity index (χ2n) is 15.8. The zero-order valence-electron chi connectivity index (χ0n) is 26.8. The van der Waals surface area contributed by atoms with Gasteiger partial charge in [-0.05, 0) is 64.4 Å². The highest BCUT2D eigenvalue weighted by molar-refractivity contribution is 6.83. The molecule has 6 aliphatic rings. The molecule has 1 aromatic carbocycles. The van der Waals surface area contributed by atoms with Crippen LogP contribution in [0.25, 0.3) is 0 Å². The van der Waals surface area contributed by atoms with Crippen molar-refractivity contribution in [1.29, 1.82) is 0 Å². The summed E-state index contributed by atoms with van der Waals surface area (Å²) in [4.78, 5) is 5.65. The fraction of sp³-hybridized carbons (Fsp3) is 0.526. The minimum atomic E-state index is -1.38. The van der Waals surface area contributed by atoms with Gasteiger partial charge in [-0.2, -0.15) is 0 Å². The third-order valence-corrected chi connectivity index (χ3v) is 13.2. The summed E-state index contributed by atoms with van der Waals surface area (Å²) in [6, 6.07) is 7.08. The van der Waals surface area contributed by atoms with Crippen LogP contribution in [0.4, 0.5) is 5.69 Å². The van der Waals surface area contributed by atoms with Crippen LogP contribution in [0.3, 0.4) is 0 Å². The van der Waals surface area contributed by atoms with Crippen LogP contribution in [0.2, 0.25) is 19.6 Å². The summed E-state index contributed by atoms with van der Waals surface area (Å²) >= 11 is 0. The maximum atomic E-state index is 2.83. The summed E-state index contributed by atoms with van der Waals surface area (Å²) in [6.45, 7) is 23.2. The molecule has 2 nitrogen and oxygen atoms in total. The van der Waals surface area contributed by atoms with Gasteiger partial charge >= 0.3 is 0 Å². The molecule has 0 radical (unpaired) electrons. The Labute approximate surface area is 250 Å². The van der Waals surface area contributed by atoms with E-state index >= 15 is 0 Å². The van der Waals surface area contributed by atoms with Gasteiger partial charge in [-0.1, -0.05) is 121 Å². The van der Waals surface area contributed by atoms with E-state index in [0.717, 1.165) is 19.4 Å². The number of para-hydroxylation sites is 1. The highest BCUT2D eigenvalue weighted by Gasteiger charge is 2.56. The summed E-state index contributed by atoms with van der Waals surface area (Å²) < 4.78 is 0. The van der Waals surface area contributed by atoms with Gasteiger partial charge in [-0.15, -0.1) is 0 Å². The molecular formula is C38H50N2Si. The number of benzene rings is 1. The second-order valence-corrected chi connectivity index (χ2v) is 20.8. The molecule has 5 unspecified atom stereocenters. The molecule has 1 saturated carbocycles. The van der Waals surface area contributed by atoms with Gasteiger partial charge < -0.3 is 9.80 Å². The van der Waals surface area contributed by atoms with Crippen LogP contribution >= 0.6 is 0 Å². The summed E-state index contributed by atoms with van der Waals surface area (Å²) in [7, 11) is -1.38. The fourth-order valence-electron chi connectivity index (χ4n) is 8.99. The molecule has 0 bridgehead atoms. The van der Waals surface area contributed by atoms with Crippen LogP contribution in [0.1, 0.15) is 77.3 Å². The lowest BCUT2D eigenvalue weighted by molar-refractivity contribution is 0.320. The van der Waals surface area contributed by atoms with Crippen molar-refractivity contribution >= 4 is 13.8 Å². The Bertz CT molecular complexity index is 1440. The number of nitrogens with zero attached hydrogens (tertiary/aromatic N) is 2. The van der Waals surface area contributed by atoms with Crippen LogP contribution in [0.5, 0.6) is 0 Å². The smallest absolute Gasteiger partial charge is 0.113 e. The standard InChI is InChI=1S/C38H50N2Si/c1-23(2)27-13-12-14-28(24(3)4)36(27)40-35-16-11-10-15-34(35)39-22-25-19-33-31(21-29(25)37(39)40)30-20-26(41(7,8)9)17-18-32(30)38(33,5)6/h11-14,16-21,23-25,29-30,32,37H,10,15,22H2,1-9H3. The lowest BCUT2D eigenvalue weighted by Gasteiger charge is -2.38. The summed E-state index contributed by atoms with van der Waals surface area (Å²) in [5, 5.41) is 1.63. The third-order valence-electron chi connectivity index (χ3n) is 11.2. The largest absolute Gasteiger partial charge is 0.351 e. The highest BCUT2D eigenvalue weighted by atomic mass is 28.3. The van der Waals surface area contributed by atoms with Gasteiger partial charge in [0.2, 0.25) is 0 Å². The Morgan fingerprint density at radius 3 is 2.29 bits per heavy atom. The Kier molecular flexibility index (Phi) is 6.15. The van der Waals surface area contributed by atoms with Gasteiger partial charge in [0, 0.05) is 30.0 Å². The number of rotatable bonds is 4. The van der Waals surface area contributed by atoms with Crippen molar-refractivity contribution in [3.8, 4) is 0 Å². The average Bonchev–Trinajstić information content (AvgIpc) is 3.51. The molecule has 7 rings (SSSR count). The molecule has 2 aliphatic heterocycles. The molecule has 41 heavy (non-hydrogen) atoms. The zero-order valence-corrected chi connectivity index (χ0v) is 27.8. The van der Waals surface area contributed by atoms with Gasteiger partial charge in [-0.3, -0.25) is 0 Å². The van der Waals surface area contributed by atoms with E-state index in [9.17, 15) is 0 Å². The number of fused-ring (bicyclic) bond motifs is 7. The molecule has 0 amide bonds. The molecule has 3 heteroatoms. The van der Waals surface area contributed by atoms with Crippen LogP contribution in [-0.4, -0.2) is 25.7 Å². The summed E-state index contributed by atoms with van der Waals surface area (Å²) in [5.74, 6) is 3.12. The first-order valence-electron chi connectivity index (χ1n) is 16.3. The number of allylic oxidation sites excluding steroid dienone is 9. The maximum Gasteiger partial charge on any atom is 0.113 e. The molecule has 0 N–H and O–H groups in total. The lowest BCUT2D eigenvalue weighted by atomic mass is 9.74. The molecule has 4 aliphatic carbocycles. The normalized spacial score (nSPS) is 31.2. The molecular weight excluding hydrogens is 513 g/mol. The van der Waals surface area contributed by atoms with Crippen LogP contribution in [0, 0.1) is 29.1 Å². The van der Waals surface area contributed by atoms with Crippen molar-refractivity contribution in [2.45, 2.75) is 92.0 Å². The maximum absolute atomic E-state index is 2.83. The quantitative estimate of drug-likeness (QED) is 0.337. The first-order valence-corrected chi connectivity index (χ1v) is 19.8. The number of hydrogen-bond acceptors (Lipinski definition) is 2. The molecule has 0 aromatic heterocycles. The highest BCUT2D eigenvalue weighted by Crippen LogP contribution is 2.61. The van der Waals surface area contributed by atoms with Gasteiger partial charge in [-0.25, -0.2) is 0 Å². The average molecular weight is 563 g/mol. The number of anilines is 1. The van der Waals surface area contributed by atoms with Crippen LogP contribution in [0.15, 0.2) is 88.5 Å². The van der Waals surface area contributed by atoms with Gasteiger partial charge in [0.05, 0.1) is 19.5 Å².